The van der Waals surface area contributed by atoms with Crippen LogP contribution < -0.4 is 5.32 Å². The zero-order valence-electron chi connectivity index (χ0n) is 11.6. The Morgan fingerprint density at radius 3 is 2.44 bits per heavy atom. The van der Waals surface area contributed by atoms with Gasteiger partial charge in [-0.15, -0.1) is 0 Å². The third-order valence-corrected chi connectivity index (χ3v) is 3.12. The Kier molecular flexibility index (Phi) is 3.82. The second-order valence-electron chi connectivity index (χ2n) is 4.88. The number of imidazole rings is 1. The van der Waals surface area contributed by atoms with E-state index in [4.69, 9.17) is 0 Å². The van der Waals surface area contributed by atoms with E-state index in [-0.39, 0.29) is 0 Å². The normalized spacial score (nSPS) is 10.9. The summed E-state index contributed by atoms with van der Waals surface area (Å²) in [6.45, 7) is 5.23. The average molecular weight is 243 g/mol. The van der Waals surface area contributed by atoms with Crippen LogP contribution in [0, 0.1) is 13.8 Å². The van der Waals surface area contributed by atoms with E-state index in [1.54, 1.807) is 0 Å². The predicted molar refractivity (Wildman–Crippen MR) is 75.7 cm³/mol. The van der Waals surface area contributed by atoms with E-state index in [1.807, 2.05) is 13.4 Å². The molecule has 0 atom stereocenters. The molecule has 0 aliphatic rings. The molecule has 1 aromatic heterocycles. The van der Waals surface area contributed by atoms with Gasteiger partial charge in [-0.3, -0.25) is 0 Å². The lowest BCUT2D eigenvalue weighted by Gasteiger charge is -2.09. The number of rotatable bonds is 4. The summed E-state index contributed by atoms with van der Waals surface area (Å²) in [5, 5.41) is 3.18. The first-order valence-electron chi connectivity index (χ1n) is 6.35. The third-order valence-electron chi connectivity index (χ3n) is 3.12. The molecule has 3 heteroatoms. The number of hydrogen-bond acceptors (Lipinski definition) is 2. The third kappa shape index (κ3) is 2.62. The molecule has 96 valence electrons. The van der Waals surface area contributed by atoms with Gasteiger partial charge in [0.1, 0.15) is 0 Å². The molecule has 0 unspecified atom stereocenters. The maximum Gasteiger partial charge on any atom is 0.0951 e. The molecule has 0 amide bonds. The molecule has 1 heterocycles. The topological polar surface area (TPSA) is 29.9 Å². The molecule has 2 rings (SSSR count). The Morgan fingerprint density at radius 1 is 1.17 bits per heavy atom. The van der Waals surface area contributed by atoms with E-state index in [1.165, 1.54) is 22.4 Å². The van der Waals surface area contributed by atoms with Gasteiger partial charge in [0.25, 0.3) is 0 Å². The van der Waals surface area contributed by atoms with Crippen molar-refractivity contribution >= 4 is 0 Å². The highest BCUT2D eigenvalue weighted by Crippen LogP contribution is 2.25. The van der Waals surface area contributed by atoms with E-state index in [0.29, 0.717) is 0 Å². The molecule has 1 aromatic carbocycles. The van der Waals surface area contributed by atoms with E-state index >= 15 is 0 Å². The van der Waals surface area contributed by atoms with E-state index in [9.17, 15) is 0 Å². The van der Waals surface area contributed by atoms with Crippen LogP contribution in [0.15, 0.2) is 24.5 Å². The summed E-state index contributed by atoms with van der Waals surface area (Å²) in [7, 11) is 4.03. The van der Waals surface area contributed by atoms with E-state index in [0.717, 1.165) is 18.7 Å². The Labute approximate surface area is 109 Å². The van der Waals surface area contributed by atoms with Gasteiger partial charge in [-0.2, -0.15) is 0 Å². The molecule has 0 aliphatic carbocycles. The van der Waals surface area contributed by atoms with Crippen molar-refractivity contribution in [3.8, 4) is 11.3 Å². The molecule has 0 bridgehead atoms. The van der Waals surface area contributed by atoms with Crippen LogP contribution in [-0.2, 0) is 13.5 Å². The minimum Gasteiger partial charge on any atom is -0.334 e. The molecule has 2 aromatic rings. The first-order valence-corrected chi connectivity index (χ1v) is 6.35. The number of aromatic nitrogens is 2. The fraction of sp³-hybridized carbons (Fsp3) is 0.400. The number of hydrogen-bond donors (Lipinski definition) is 1. The predicted octanol–water partition coefficient (Wildman–Crippen LogP) is 2.47. The Bertz CT molecular complexity index is 520. The molecule has 0 spiro atoms. The van der Waals surface area contributed by atoms with Crippen LogP contribution >= 0.6 is 0 Å². The van der Waals surface area contributed by atoms with Crippen molar-refractivity contribution in [3.63, 3.8) is 0 Å². The van der Waals surface area contributed by atoms with Crippen molar-refractivity contribution in [1.82, 2.24) is 14.9 Å². The monoisotopic (exact) mass is 243 g/mol. The van der Waals surface area contributed by atoms with Gasteiger partial charge in [0.05, 0.1) is 17.7 Å². The van der Waals surface area contributed by atoms with Gasteiger partial charge in [0.15, 0.2) is 0 Å². The lowest BCUT2D eigenvalue weighted by atomic mass is 10.0. The number of aryl methyl sites for hydroxylation is 3. The SMILES string of the molecule is CNCCc1ncn(C)c1-c1cc(C)cc(C)c1. The highest BCUT2D eigenvalue weighted by molar-refractivity contribution is 5.64. The summed E-state index contributed by atoms with van der Waals surface area (Å²) >= 11 is 0. The zero-order chi connectivity index (χ0) is 13.1. The zero-order valence-corrected chi connectivity index (χ0v) is 11.6. The number of benzene rings is 1. The first kappa shape index (κ1) is 12.8. The fourth-order valence-electron chi connectivity index (χ4n) is 2.39. The standard InChI is InChI=1S/C15H21N3/c1-11-7-12(2)9-13(8-11)15-14(5-6-16-3)17-10-18(15)4/h7-10,16H,5-6H2,1-4H3. The van der Waals surface area contributed by atoms with Gasteiger partial charge in [-0.05, 0) is 33.0 Å². The molecular weight excluding hydrogens is 222 g/mol. The minimum absolute atomic E-state index is 0.953. The molecule has 0 radical (unpaired) electrons. The molecule has 0 saturated carbocycles. The quantitative estimate of drug-likeness (QED) is 0.894. The largest absolute Gasteiger partial charge is 0.334 e. The Morgan fingerprint density at radius 2 is 1.83 bits per heavy atom. The lowest BCUT2D eigenvalue weighted by Crippen LogP contribution is -2.11. The maximum absolute atomic E-state index is 4.51. The Balaban J connectivity index is 2.45. The molecule has 0 aliphatic heterocycles. The smallest absolute Gasteiger partial charge is 0.0951 e. The summed E-state index contributed by atoms with van der Waals surface area (Å²) in [5.74, 6) is 0. The van der Waals surface area contributed by atoms with Crippen molar-refractivity contribution in [3.05, 3.63) is 41.3 Å². The van der Waals surface area contributed by atoms with Crippen LogP contribution in [0.3, 0.4) is 0 Å². The molecular formula is C15H21N3. The van der Waals surface area contributed by atoms with Crippen LogP contribution in [0.4, 0.5) is 0 Å². The number of likely N-dealkylation sites (N-methyl/N-ethyl adjacent to an activating group) is 1. The van der Waals surface area contributed by atoms with Crippen LogP contribution in [0.2, 0.25) is 0 Å². The van der Waals surface area contributed by atoms with Gasteiger partial charge in [0.2, 0.25) is 0 Å². The second kappa shape index (κ2) is 5.36. The first-order chi connectivity index (χ1) is 8.61. The van der Waals surface area contributed by atoms with E-state index < -0.39 is 0 Å². The van der Waals surface area contributed by atoms with Crippen LogP contribution in [-0.4, -0.2) is 23.1 Å². The molecule has 0 fully saturated rings. The van der Waals surface area contributed by atoms with Gasteiger partial charge in [-0.25, -0.2) is 4.98 Å². The summed E-state index contributed by atoms with van der Waals surface area (Å²) in [6.07, 6.45) is 2.86. The van der Waals surface area contributed by atoms with Crippen molar-refractivity contribution in [2.75, 3.05) is 13.6 Å². The maximum atomic E-state index is 4.51. The van der Waals surface area contributed by atoms with Crippen molar-refractivity contribution in [2.24, 2.45) is 7.05 Å². The van der Waals surface area contributed by atoms with Gasteiger partial charge in [-0.1, -0.05) is 17.2 Å². The van der Waals surface area contributed by atoms with Crippen molar-refractivity contribution in [1.29, 1.82) is 0 Å². The number of nitrogens with zero attached hydrogens (tertiary/aromatic N) is 2. The van der Waals surface area contributed by atoms with E-state index in [2.05, 4.69) is 54.0 Å². The van der Waals surface area contributed by atoms with Crippen LogP contribution in [0.1, 0.15) is 16.8 Å². The molecule has 3 nitrogen and oxygen atoms in total. The molecule has 18 heavy (non-hydrogen) atoms. The molecule has 0 saturated heterocycles. The summed E-state index contributed by atoms with van der Waals surface area (Å²) in [4.78, 5) is 4.51. The minimum atomic E-state index is 0.953. The van der Waals surface area contributed by atoms with Gasteiger partial charge in [0, 0.05) is 25.6 Å². The summed E-state index contributed by atoms with van der Waals surface area (Å²) in [5.41, 5.74) is 6.25. The van der Waals surface area contributed by atoms with Crippen molar-refractivity contribution < 1.29 is 0 Å². The summed E-state index contributed by atoms with van der Waals surface area (Å²) in [6, 6.07) is 6.66. The fourth-order valence-corrected chi connectivity index (χ4v) is 2.39. The second-order valence-corrected chi connectivity index (χ2v) is 4.88. The average Bonchev–Trinajstić information content (AvgIpc) is 2.66. The van der Waals surface area contributed by atoms with Gasteiger partial charge < -0.3 is 9.88 Å². The highest BCUT2D eigenvalue weighted by Gasteiger charge is 2.11. The van der Waals surface area contributed by atoms with Crippen LogP contribution in [0.25, 0.3) is 11.3 Å². The van der Waals surface area contributed by atoms with Crippen LogP contribution in [0.5, 0.6) is 0 Å². The van der Waals surface area contributed by atoms with Crippen molar-refractivity contribution in [2.45, 2.75) is 20.3 Å². The number of nitrogens with one attached hydrogen (secondary N) is 1. The Hall–Kier alpha value is -1.61. The highest BCUT2D eigenvalue weighted by atomic mass is 15.0. The molecule has 1 N–H and O–H groups in total. The van der Waals surface area contributed by atoms with Gasteiger partial charge >= 0.3 is 0 Å². The lowest BCUT2D eigenvalue weighted by molar-refractivity contribution is 0.780. The summed E-state index contributed by atoms with van der Waals surface area (Å²) < 4.78 is 2.11.